The summed E-state index contributed by atoms with van der Waals surface area (Å²) >= 11 is 0. The minimum Gasteiger partial charge on any atom is -0.507 e. The number of aromatic hydroxyl groups is 1. The maximum absolute atomic E-state index is 13.4. The fourth-order valence-electron chi connectivity index (χ4n) is 9.69. The molecule has 14 nitrogen and oxygen atoms in total. The highest BCUT2D eigenvalue weighted by Crippen LogP contribution is 2.39. The van der Waals surface area contributed by atoms with Crippen LogP contribution in [0.15, 0.2) is 48.5 Å². The van der Waals surface area contributed by atoms with Gasteiger partial charge in [0.2, 0.25) is 11.8 Å². The van der Waals surface area contributed by atoms with Crippen LogP contribution >= 0.6 is 0 Å². The second-order valence-corrected chi connectivity index (χ2v) is 16.7. The van der Waals surface area contributed by atoms with Gasteiger partial charge < -0.3 is 25.1 Å². The number of imide groups is 2. The van der Waals surface area contributed by atoms with Gasteiger partial charge in [0.1, 0.15) is 11.8 Å². The summed E-state index contributed by atoms with van der Waals surface area (Å²) in [6.45, 7) is 12.5. The van der Waals surface area contributed by atoms with E-state index in [0.29, 0.717) is 34.3 Å². The molecule has 2 aromatic carbocycles. The molecule has 1 unspecified atom stereocenters. The molecule has 288 valence electrons. The lowest BCUT2D eigenvalue weighted by atomic mass is 9.79. The van der Waals surface area contributed by atoms with Crippen molar-refractivity contribution >= 4 is 40.8 Å². The van der Waals surface area contributed by atoms with Crippen LogP contribution < -0.4 is 20.4 Å². The summed E-state index contributed by atoms with van der Waals surface area (Å²) in [5.41, 5.74) is 4.23. The van der Waals surface area contributed by atoms with Crippen molar-refractivity contribution in [2.45, 2.75) is 57.5 Å². The van der Waals surface area contributed by atoms with Crippen LogP contribution in [0.3, 0.4) is 0 Å². The van der Waals surface area contributed by atoms with E-state index >= 15 is 0 Å². The second-order valence-electron chi connectivity index (χ2n) is 16.7. The summed E-state index contributed by atoms with van der Waals surface area (Å²) in [5, 5.41) is 25.0. The number of likely N-dealkylation sites (tertiary alicyclic amines) is 1. The predicted octanol–water partition coefficient (Wildman–Crippen LogP) is 3.19. The number of phenolic OH excluding ortho intramolecular Hbond substituents is 1. The molecule has 4 amide bonds. The number of phenols is 1. The fraction of sp³-hybridized carbons (Fsp3) is 0.512. The molecular formula is C41H49N9O5. The van der Waals surface area contributed by atoms with Crippen LogP contribution in [-0.4, -0.2) is 131 Å². The van der Waals surface area contributed by atoms with E-state index in [1.54, 1.807) is 18.2 Å². The number of fused-ring (bicyclic) bond motifs is 4. The molecule has 4 fully saturated rings. The van der Waals surface area contributed by atoms with Gasteiger partial charge in [0.25, 0.3) is 11.8 Å². The zero-order chi connectivity index (χ0) is 37.8. The Kier molecular flexibility index (Phi) is 9.20. The summed E-state index contributed by atoms with van der Waals surface area (Å²) in [4.78, 5) is 61.8. The molecule has 3 aromatic rings. The van der Waals surface area contributed by atoms with Crippen molar-refractivity contribution in [2.24, 2.45) is 11.3 Å². The Morgan fingerprint density at radius 3 is 2.40 bits per heavy atom. The Morgan fingerprint density at radius 2 is 1.62 bits per heavy atom. The number of para-hydroxylation sites is 1. The summed E-state index contributed by atoms with van der Waals surface area (Å²) in [7, 11) is 0. The molecular weight excluding hydrogens is 699 g/mol. The number of hydrogen-bond donors (Lipinski definition) is 3. The summed E-state index contributed by atoms with van der Waals surface area (Å²) in [6, 6.07) is 14.2. The number of hydrogen-bond acceptors (Lipinski definition) is 12. The molecule has 14 heteroatoms. The molecule has 6 aliphatic heterocycles. The predicted molar refractivity (Wildman–Crippen MR) is 207 cm³/mol. The van der Waals surface area contributed by atoms with E-state index in [1.165, 1.54) is 12.8 Å². The normalized spacial score (nSPS) is 24.6. The van der Waals surface area contributed by atoms with Crippen LogP contribution in [0.4, 0.5) is 17.2 Å². The van der Waals surface area contributed by atoms with Gasteiger partial charge in [-0.05, 0) is 92.9 Å². The number of carbonyl (C=O) groups is 4. The first kappa shape index (κ1) is 35.6. The number of carbonyl (C=O) groups excluding carboxylic acids is 4. The topological polar surface area (TPSA) is 155 Å². The van der Waals surface area contributed by atoms with Crippen molar-refractivity contribution in [3.8, 4) is 17.0 Å². The van der Waals surface area contributed by atoms with E-state index in [1.807, 2.05) is 24.3 Å². The van der Waals surface area contributed by atoms with E-state index in [2.05, 4.69) is 53.4 Å². The molecule has 2 atom stereocenters. The highest BCUT2D eigenvalue weighted by Gasteiger charge is 2.45. The lowest BCUT2D eigenvalue weighted by Gasteiger charge is -2.47. The monoisotopic (exact) mass is 747 g/mol. The molecule has 6 aliphatic rings. The van der Waals surface area contributed by atoms with Crippen molar-refractivity contribution in [2.75, 3.05) is 80.6 Å². The minimum atomic E-state index is -0.957. The van der Waals surface area contributed by atoms with Crippen molar-refractivity contribution in [1.82, 2.24) is 30.2 Å². The Bertz CT molecular complexity index is 2020. The maximum Gasteiger partial charge on any atom is 0.262 e. The number of piperazine rings is 1. The molecule has 0 saturated carbocycles. The number of piperidine rings is 3. The smallest absolute Gasteiger partial charge is 0.262 e. The van der Waals surface area contributed by atoms with Gasteiger partial charge in [0, 0.05) is 70.0 Å². The largest absolute Gasteiger partial charge is 0.507 e. The average Bonchev–Trinajstić information content (AvgIpc) is 3.43. The highest BCUT2D eigenvalue weighted by molar-refractivity contribution is 6.23. The van der Waals surface area contributed by atoms with Crippen LogP contribution in [0, 0.1) is 11.3 Å². The van der Waals surface area contributed by atoms with Gasteiger partial charge in [0.15, 0.2) is 5.82 Å². The molecule has 0 aliphatic carbocycles. The van der Waals surface area contributed by atoms with Gasteiger partial charge in [-0.2, -0.15) is 0 Å². The van der Waals surface area contributed by atoms with Gasteiger partial charge in [-0.15, -0.1) is 10.2 Å². The number of nitrogens with one attached hydrogen (secondary N) is 2. The number of anilines is 3. The first-order chi connectivity index (χ1) is 26.6. The fourth-order valence-corrected chi connectivity index (χ4v) is 9.69. The molecule has 1 aromatic heterocycles. The van der Waals surface area contributed by atoms with Gasteiger partial charge >= 0.3 is 0 Å². The molecule has 3 N–H and O–H groups in total. The summed E-state index contributed by atoms with van der Waals surface area (Å²) < 4.78 is 0. The zero-order valence-corrected chi connectivity index (χ0v) is 31.4. The first-order valence-corrected chi connectivity index (χ1v) is 19.8. The van der Waals surface area contributed by atoms with Crippen LogP contribution in [0.25, 0.3) is 11.3 Å². The highest BCUT2D eigenvalue weighted by atomic mass is 16.3. The molecule has 4 saturated heterocycles. The summed E-state index contributed by atoms with van der Waals surface area (Å²) in [5.74, 6) is -0.184. The van der Waals surface area contributed by atoms with E-state index in [-0.39, 0.29) is 29.9 Å². The van der Waals surface area contributed by atoms with Gasteiger partial charge in [0.05, 0.1) is 28.6 Å². The summed E-state index contributed by atoms with van der Waals surface area (Å²) in [6.07, 6.45) is 4.77. The zero-order valence-electron chi connectivity index (χ0n) is 31.4. The standard InChI is InChI=1S/C41H49N9O5/c1-41(12-16-48(17-13-41)27-6-7-29-31(20-27)40(55)50(39(29)54)33-8-9-36(52)43-38(33)53)25-46-14-10-26(11-15-46)23-47-18-19-49-28(24-47)22-42-37-34(49)21-32(44-45-37)30-4-2-3-5-35(30)51/h2-7,20-21,26,28,33,51H,8-19,22-25H2,1H3,(H,42,45)(H,43,52,53)/t28-,33?/m0/s1. The molecule has 0 radical (unpaired) electrons. The van der Waals surface area contributed by atoms with Gasteiger partial charge in [-0.25, -0.2) is 0 Å². The minimum absolute atomic E-state index is 0.106. The van der Waals surface area contributed by atoms with Crippen LogP contribution in [0.5, 0.6) is 5.75 Å². The maximum atomic E-state index is 13.4. The lowest BCUT2D eigenvalue weighted by molar-refractivity contribution is -0.136. The van der Waals surface area contributed by atoms with Crippen molar-refractivity contribution in [1.29, 1.82) is 0 Å². The van der Waals surface area contributed by atoms with Crippen LogP contribution in [0.1, 0.15) is 66.2 Å². The van der Waals surface area contributed by atoms with E-state index in [0.717, 1.165) is 100 Å². The molecule has 55 heavy (non-hydrogen) atoms. The quantitative estimate of drug-likeness (QED) is 0.304. The second kappa shape index (κ2) is 14.2. The Hall–Kier alpha value is -5.08. The van der Waals surface area contributed by atoms with Crippen LogP contribution in [-0.2, 0) is 9.59 Å². The Balaban J connectivity index is 0.745. The molecule has 7 heterocycles. The third kappa shape index (κ3) is 6.79. The van der Waals surface area contributed by atoms with Gasteiger partial charge in [-0.1, -0.05) is 19.1 Å². The Morgan fingerprint density at radius 1 is 0.836 bits per heavy atom. The Labute approximate surface area is 320 Å². The number of amides is 4. The van der Waals surface area contributed by atoms with Crippen molar-refractivity contribution in [3.63, 3.8) is 0 Å². The molecule has 9 rings (SSSR count). The molecule has 0 spiro atoms. The number of benzene rings is 2. The third-order valence-corrected chi connectivity index (χ3v) is 12.9. The van der Waals surface area contributed by atoms with Crippen LogP contribution in [0.2, 0.25) is 0 Å². The first-order valence-electron chi connectivity index (χ1n) is 19.8. The average molecular weight is 748 g/mol. The van der Waals surface area contributed by atoms with E-state index < -0.39 is 23.8 Å². The van der Waals surface area contributed by atoms with Crippen molar-refractivity contribution in [3.05, 3.63) is 59.7 Å². The third-order valence-electron chi connectivity index (χ3n) is 12.9. The SMILES string of the molecule is CC1(CN2CCC(CN3CCN4c5cc(-c6ccccc6O)nnc5NC[C@H]4C3)CC2)CCN(c2ccc3c(c2)C(=O)N(C2CCC(=O)NC2=O)C3=O)CC1. The van der Waals surface area contributed by atoms with E-state index in [4.69, 9.17) is 0 Å². The van der Waals surface area contributed by atoms with Gasteiger partial charge in [-0.3, -0.25) is 34.3 Å². The molecule has 0 bridgehead atoms. The van der Waals surface area contributed by atoms with Crippen molar-refractivity contribution < 1.29 is 24.3 Å². The number of nitrogens with zero attached hydrogens (tertiary/aromatic N) is 7. The number of rotatable bonds is 7. The number of aromatic nitrogens is 2. The van der Waals surface area contributed by atoms with E-state index in [9.17, 15) is 24.3 Å². The lowest BCUT2D eigenvalue weighted by Crippen LogP contribution is -2.58.